The molecule has 1 amide bonds. The van der Waals surface area contributed by atoms with Crippen molar-refractivity contribution in [3.8, 4) is 11.8 Å². The molecule has 4 heteroatoms. The van der Waals surface area contributed by atoms with Crippen LogP contribution in [0.15, 0.2) is 24.3 Å². The fourth-order valence-electron chi connectivity index (χ4n) is 1.57. The van der Waals surface area contributed by atoms with E-state index in [1.807, 2.05) is 19.9 Å². The van der Waals surface area contributed by atoms with Gasteiger partial charge in [0.25, 0.3) is 5.91 Å². The molecule has 1 rings (SSSR count). The monoisotopic (exact) mass is 260 g/mol. The molecule has 19 heavy (non-hydrogen) atoms. The molecule has 102 valence electrons. The normalized spacial score (nSPS) is 11.3. The van der Waals surface area contributed by atoms with Gasteiger partial charge in [-0.05, 0) is 32.0 Å². The number of nitrogens with two attached hydrogens (primary N) is 1. The van der Waals surface area contributed by atoms with Crippen LogP contribution in [0.5, 0.6) is 0 Å². The summed E-state index contributed by atoms with van der Waals surface area (Å²) in [5, 5.41) is 2.83. The Labute approximate surface area is 114 Å². The molecule has 0 aliphatic rings. The van der Waals surface area contributed by atoms with Crippen LogP contribution in [0.3, 0.4) is 0 Å². The lowest BCUT2D eigenvalue weighted by molar-refractivity contribution is 0.0695. The second kappa shape index (κ2) is 8.30. The lowest BCUT2D eigenvalue weighted by atomic mass is 10.1. The fraction of sp³-hybridized carbons (Fsp3) is 0.400. The summed E-state index contributed by atoms with van der Waals surface area (Å²) in [4.78, 5) is 11.9. The van der Waals surface area contributed by atoms with E-state index in [-0.39, 0.29) is 12.0 Å². The molecule has 1 unspecified atom stereocenters. The van der Waals surface area contributed by atoms with Crippen LogP contribution in [-0.2, 0) is 4.74 Å². The number of hydrogen-bond acceptors (Lipinski definition) is 3. The molecule has 0 aliphatic carbocycles. The predicted octanol–water partition coefficient (Wildman–Crippen LogP) is 1.15. The molecule has 1 aromatic rings. The van der Waals surface area contributed by atoms with Gasteiger partial charge in [0.15, 0.2) is 0 Å². The third-order valence-corrected chi connectivity index (χ3v) is 2.46. The van der Waals surface area contributed by atoms with Crippen LogP contribution in [0, 0.1) is 11.8 Å². The fourth-order valence-corrected chi connectivity index (χ4v) is 1.57. The molecule has 0 radical (unpaired) electrons. The van der Waals surface area contributed by atoms with Crippen LogP contribution in [0.1, 0.15) is 29.8 Å². The second-order valence-corrected chi connectivity index (χ2v) is 4.06. The molecule has 3 N–H and O–H groups in total. The molecular formula is C15H20N2O2. The van der Waals surface area contributed by atoms with Crippen molar-refractivity contribution in [3.63, 3.8) is 0 Å². The molecule has 0 spiro atoms. The van der Waals surface area contributed by atoms with Crippen molar-refractivity contribution in [1.29, 1.82) is 0 Å². The number of amides is 1. The maximum Gasteiger partial charge on any atom is 0.251 e. The topological polar surface area (TPSA) is 64.3 Å². The van der Waals surface area contributed by atoms with E-state index in [9.17, 15) is 4.79 Å². The molecule has 4 nitrogen and oxygen atoms in total. The first kappa shape index (κ1) is 15.2. The van der Waals surface area contributed by atoms with Gasteiger partial charge in [-0.3, -0.25) is 4.79 Å². The maximum absolute atomic E-state index is 11.9. The van der Waals surface area contributed by atoms with Crippen LogP contribution in [0.25, 0.3) is 0 Å². The number of ether oxygens (including phenoxy) is 1. The Morgan fingerprint density at radius 2 is 2.32 bits per heavy atom. The van der Waals surface area contributed by atoms with Crippen molar-refractivity contribution in [2.24, 2.45) is 5.73 Å². The summed E-state index contributed by atoms with van der Waals surface area (Å²) in [6, 6.07) is 7.17. The largest absolute Gasteiger partial charge is 0.377 e. The molecule has 0 aliphatic heterocycles. The molecule has 0 fully saturated rings. The Morgan fingerprint density at radius 3 is 3.00 bits per heavy atom. The highest BCUT2D eigenvalue weighted by Crippen LogP contribution is 2.04. The van der Waals surface area contributed by atoms with Crippen molar-refractivity contribution in [3.05, 3.63) is 35.4 Å². The summed E-state index contributed by atoms with van der Waals surface area (Å²) in [6.45, 7) is 5.29. The zero-order valence-electron chi connectivity index (χ0n) is 11.4. The maximum atomic E-state index is 11.9. The zero-order valence-corrected chi connectivity index (χ0v) is 11.4. The van der Waals surface area contributed by atoms with Crippen LogP contribution >= 0.6 is 0 Å². The SMILES string of the molecule is CCOC(C)CNC(=O)c1cccc(C#CCN)c1. The first-order valence-electron chi connectivity index (χ1n) is 6.36. The Bertz CT molecular complexity index is 475. The minimum absolute atomic E-state index is 0.00849. The number of rotatable bonds is 5. The van der Waals surface area contributed by atoms with E-state index in [1.54, 1.807) is 18.2 Å². The average molecular weight is 260 g/mol. The van der Waals surface area contributed by atoms with E-state index in [0.29, 0.717) is 25.3 Å². The van der Waals surface area contributed by atoms with Crippen molar-refractivity contribution < 1.29 is 9.53 Å². The molecule has 0 saturated carbocycles. The summed E-state index contributed by atoms with van der Waals surface area (Å²) >= 11 is 0. The lowest BCUT2D eigenvalue weighted by Crippen LogP contribution is -2.32. The van der Waals surface area contributed by atoms with Gasteiger partial charge >= 0.3 is 0 Å². The first-order chi connectivity index (χ1) is 9.17. The van der Waals surface area contributed by atoms with Crippen LogP contribution in [0.2, 0.25) is 0 Å². The molecule has 0 bridgehead atoms. The number of nitrogens with one attached hydrogen (secondary N) is 1. The van der Waals surface area contributed by atoms with E-state index >= 15 is 0 Å². The highest BCUT2D eigenvalue weighted by atomic mass is 16.5. The minimum Gasteiger partial charge on any atom is -0.377 e. The van der Waals surface area contributed by atoms with Gasteiger partial charge in [0, 0.05) is 24.3 Å². The predicted molar refractivity (Wildman–Crippen MR) is 75.8 cm³/mol. The van der Waals surface area contributed by atoms with Gasteiger partial charge in [0.05, 0.1) is 12.6 Å². The van der Waals surface area contributed by atoms with Gasteiger partial charge in [0.2, 0.25) is 0 Å². The number of carbonyl (C=O) groups is 1. The Morgan fingerprint density at radius 1 is 1.53 bits per heavy atom. The summed E-state index contributed by atoms with van der Waals surface area (Å²) in [7, 11) is 0. The highest BCUT2D eigenvalue weighted by molar-refractivity contribution is 5.94. The molecule has 0 saturated heterocycles. The van der Waals surface area contributed by atoms with Gasteiger partial charge in [0.1, 0.15) is 0 Å². The van der Waals surface area contributed by atoms with Crippen LogP contribution in [-0.4, -0.2) is 31.7 Å². The Balaban J connectivity index is 2.61. The third-order valence-electron chi connectivity index (χ3n) is 2.46. The minimum atomic E-state index is -0.122. The molecule has 0 heterocycles. The molecule has 1 atom stereocenters. The van der Waals surface area contributed by atoms with Gasteiger partial charge in [-0.1, -0.05) is 17.9 Å². The molecule has 1 aromatic carbocycles. The second-order valence-electron chi connectivity index (χ2n) is 4.06. The third kappa shape index (κ3) is 5.56. The van der Waals surface area contributed by atoms with E-state index in [0.717, 1.165) is 5.56 Å². The van der Waals surface area contributed by atoms with E-state index in [4.69, 9.17) is 10.5 Å². The van der Waals surface area contributed by atoms with E-state index in [2.05, 4.69) is 17.2 Å². The van der Waals surface area contributed by atoms with Crippen molar-refractivity contribution in [1.82, 2.24) is 5.32 Å². The lowest BCUT2D eigenvalue weighted by Gasteiger charge is -2.12. The van der Waals surface area contributed by atoms with Crippen LogP contribution in [0.4, 0.5) is 0 Å². The van der Waals surface area contributed by atoms with E-state index in [1.165, 1.54) is 0 Å². The average Bonchev–Trinajstić information content (AvgIpc) is 2.43. The van der Waals surface area contributed by atoms with Crippen molar-refractivity contribution in [2.75, 3.05) is 19.7 Å². The first-order valence-corrected chi connectivity index (χ1v) is 6.36. The van der Waals surface area contributed by atoms with Crippen molar-refractivity contribution >= 4 is 5.91 Å². The standard InChI is InChI=1S/C15H20N2O2/c1-3-19-12(2)11-17-15(18)14-8-4-6-13(10-14)7-5-9-16/h4,6,8,10,12H,3,9,11,16H2,1-2H3,(H,17,18). The van der Waals surface area contributed by atoms with Gasteiger partial charge in [-0.15, -0.1) is 0 Å². The summed E-state index contributed by atoms with van der Waals surface area (Å²) in [6.07, 6.45) is 0.00849. The number of carbonyl (C=O) groups excluding carboxylic acids is 1. The Kier molecular flexibility index (Phi) is 6.65. The van der Waals surface area contributed by atoms with Crippen molar-refractivity contribution in [2.45, 2.75) is 20.0 Å². The smallest absolute Gasteiger partial charge is 0.251 e. The van der Waals surface area contributed by atoms with Crippen LogP contribution < -0.4 is 11.1 Å². The van der Waals surface area contributed by atoms with Gasteiger partial charge in [-0.2, -0.15) is 0 Å². The zero-order chi connectivity index (χ0) is 14.1. The van der Waals surface area contributed by atoms with Gasteiger partial charge < -0.3 is 15.8 Å². The molecular weight excluding hydrogens is 240 g/mol. The summed E-state index contributed by atoms with van der Waals surface area (Å²) < 4.78 is 5.35. The quantitative estimate of drug-likeness (QED) is 0.781. The number of hydrogen-bond donors (Lipinski definition) is 2. The number of benzene rings is 1. The van der Waals surface area contributed by atoms with E-state index < -0.39 is 0 Å². The highest BCUT2D eigenvalue weighted by Gasteiger charge is 2.07. The molecule has 0 aromatic heterocycles. The summed E-state index contributed by atoms with van der Waals surface area (Å²) in [5.74, 6) is 5.55. The summed E-state index contributed by atoms with van der Waals surface area (Å²) in [5.41, 5.74) is 6.70. The Hall–Kier alpha value is -1.83. The van der Waals surface area contributed by atoms with Gasteiger partial charge in [-0.25, -0.2) is 0 Å².